The summed E-state index contributed by atoms with van der Waals surface area (Å²) in [7, 11) is 0. The van der Waals surface area contributed by atoms with Gasteiger partial charge in [-0.2, -0.15) is 0 Å². The Kier molecular flexibility index (Phi) is 3.62. The molecule has 1 amide bonds. The van der Waals surface area contributed by atoms with Gasteiger partial charge in [0.15, 0.2) is 0 Å². The predicted octanol–water partition coefficient (Wildman–Crippen LogP) is 3.34. The number of thiophene rings is 1. The first-order chi connectivity index (χ1) is 9.74. The monoisotopic (exact) mass is 348 g/mol. The highest BCUT2D eigenvalue weighted by atomic mass is 79.9. The Morgan fingerprint density at radius 2 is 2.20 bits per heavy atom. The van der Waals surface area contributed by atoms with Gasteiger partial charge in [0.2, 0.25) is 0 Å². The Balaban J connectivity index is 1.90. The van der Waals surface area contributed by atoms with E-state index in [1.165, 1.54) is 11.3 Å². The fraction of sp³-hybridized carbons (Fsp3) is 0. The van der Waals surface area contributed by atoms with Crippen LogP contribution in [0.4, 0.5) is 5.69 Å². The van der Waals surface area contributed by atoms with Crippen molar-refractivity contribution in [3.63, 3.8) is 0 Å². The number of anilines is 1. The minimum absolute atomic E-state index is 0.153. The zero-order valence-electron chi connectivity index (χ0n) is 10.2. The van der Waals surface area contributed by atoms with Gasteiger partial charge < -0.3 is 5.32 Å². The van der Waals surface area contributed by atoms with Crippen LogP contribution in [-0.4, -0.2) is 20.9 Å². The predicted molar refractivity (Wildman–Crippen MR) is 81.3 cm³/mol. The summed E-state index contributed by atoms with van der Waals surface area (Å²) in [6, 6.07) is 9.23. The molecular weight excluding hydrogens is 340 g/mol. The van der Waals surface area contributed by atoms with Crippen molar-refractivity contribution in [2.24, 2.45) is 0 Å². The number of carbonyl (C=O) groups excluding carboxylic acids is 1. The molecule has 0 aliphatic carbocycles. The van der Waals surface area contributed by atoms with Crippen LogP contribution in [-0.2, 0) is 0 Å². The highest BCUT2D eigenvalue weighted by molar-refractivity contribution is 9.11. The molecule has 0 bridgehead atoms. The van der Waals surface area contributed by atoms with Gasteiger partial charge in [-0.15, -0.1) is 16.4 Å². The van der Waals surface area contributed by atoms with Crippen molar-refractivity contribution in [3.05, 3.63) is 57.5 Å². The number of para-hydroxylation sites is 2. The maximum Gasteiger partial charge on any atom is 0.256 e. The zero-order chi connectivity index (χ0) is 13.9. The summed E-state index contributed by atoms with van der Waals surface area (Å²) in [5.41, 5.74) is 2.08. The van der Waals surface area contributed by atoms with Gasteiger partial charge in [-0.25, -0.2) is 4.68 Å². The van der Waals surface area contributed by atoms with Gasteiger partial charge in [0.05, 0.1) is 33.1 Å². The molecule has 100 valence electrons. The average Bonchev–Trinajstić information content (AvgIpc) is 3.10. The molecule has 3 rings (SSSR count). The Bertz CT molecular complexity index is 738. The third-order valence-electron chi connectivity index (χ3n) is 2.65. The number of benzene rings is 1. The topological polar surface area (TPSA) is 59.8 Å². The molecule has 1 aromatic carbocycles. The first-order valence-corrected chi connectivity index (χ1v) is 7.42. The molecule has 0 spiro atoms. The molecule has 7 heteroatoms. The molecule has 3 aromatic rings. The fourth-order valence-electron chi connectivity index (χ4n) is 1.74. The molecule has 2 aromatic heterocycles. The number of halogens is 1. The lowest BCUT2D eigenvalue weighted by Crippen LogP contribution is -2.13. The van der Waals surface area contributed by atoms with E-state index in [-0.39, 0.29) is 5.91 Å². The normalized spacial score (nSPS) is 10.4. The van der Waals surface area contributed by atoms with Crippen molar-refractivity contribution in [1.82, 2.24) is 15.0 Å². The second-order valence-corrected chi connectivity index (χ2v) is 6.25. The van der Waals surface area contributed by atoms with Gasteiger partial charge in [-0.1, -0.05) is 17.3 Å². The van der Waals surface area contributed by atoms with Crippen LogP contribution in [0.5, 0.6) is 0 Å². The molecule has 2 heterocycles. The molecule has 0 saturated heterocycles. The molecule has 0 aliphatic heterocycles. The van der Waals surface area contributed by atoms with Crippen LogP contribution in [0.2, 0.25) is 0 Å². The fourth-order valence-corrected chi connectivity index (χ4v) is 2.88. The molecule has 0 aliphatic rings. The van der Waals surface area contributed by atoms with Crippen LogP contribution in [0.25, 0.3) is 5.69 Å². The number of hydrogen-bond donors (Lipinski definition) is 1. The summed E-state index contributed by atoms with van der Waals surface area (Å²) in [5.74, 6) is -0.153. The van der Waals surface area contributed by atoms with Gasteiger partial charge in [0.25, 0.3) is 5.91 Å². The van der Waals surface area contributed by atoms with Crippen molar-refractivity contribution in [1.29, 1.82) is 0 Å². The van der Waals surface area contributed by atoms with Crippen LogP contribution < -0.4 is 5.32 Å². The lowest BCUT2D eigenvalue weighted by atomic mass is 10.2. The van der Waals surface area contributed by atoms with Crippen LogP contribution in [0.3, 0.4) is 0 Å². The first kappa shape index (κ1) is 13.0. The van der Waals surface area contributed by atoms with Gasteiger partial charge >= 0.3 is 0 Å². The molecule has 0 unspecified atom stereocenters. The maximum atomic E-state index is 12.2. The number of rotatable bonds is 3. The van der Waals surface area contributed by atoms with E-state index in [0.717, 1.165) is 9.47 Å². The maximum absolute atomic E-state index is 12.2. The summed E-state index contributed by atoms with van der Waals surface area (Å²) >= 11 is 4.82. The van der Waals surface area contributed by atoms with Gasteiger partial charge in [-0.05, 0) is 34.1 Å². The molecular formula is C13H9BrN4OS. The largest absolute Gasteiger partial charge is 0.320 e. The first-order valence-electron chi connectivity index (χ1n) is 5.75. The summed E-state index contributed by atoms with van der Waals surface area (Å²) in [4.78, 5) is 12.2. The number of nitrogens with zero attached hydrogens (tertiary/aromatic N) is 3. The van der Waals surface area contributed by atoms with Crippen molar-refractivity contribution < 1.29 is 4.79 Å². The molecule has 20 heavy (non-hydrogen) atoms. The smallest absolute Gasteiger partial charge is 0.256 e. The van der Waals surface area contributed by atoms with E-state index in [2.05, 4.69) is 31.6 Å². The number of amides is 1. The highest BCUT2D eigenvalue weighted by Crippen LogP contribution is 2.23. The van der Waals surface area contributed by atoms with E-state index >= 15 is 0 Å². The number of aromatic nitrogens is 3. The van der Waals surface area contributed by atoms with Crippen molar-refractivity contribution >= 4 is 38.9 Å². The summed E-state index contributed by atoms with van der Waals surface area (Å²) in [5, 5.41) is 12.4. The third-order valence-corrected chi connectivity index (χ3v) is 4.16. The quantitative estimate of drug-likeness (QED) is 0.789. The van der Waals surface area contributed by atoms with E-state index in [1.807, 2.05) is 24.3 Å². The summed E-state index contributed by atoms with van der Waals surface area (Å²) < 4.78 is 2.53. The summed E-state index contributed by atoms with van der Waals surface area (Å²) in [6.07, 6.45) is 3.32. The van der Waals surface area contributed by atoms with Crippen molar-refractivity contribution in [2.75, 3.05) is 5.32 Å². The Hall–Kier alpha value is -1.99. The second kappa shape index (κ2) is 5.56. The lowest BCUT2D eigenvalue weighted by Gasteiger charge is -2.09. The molecule has 5 nitrogen and oxygen atoms in total. The minimum Gasteiger partial charge on any atom is -0.320 e. The minimum atomic E-state index is -0.153. The number of hydrogen-bond acceptors (Lipinski definition) is 4. The van der Waals surface area contributed by atoms with Crippen LogP contribution in [0, 0.1) is 0 Å². The molecule has 0 atom stereocenters. The van der Waals surface area contributed by atoms with Crippen molar-refractivity contribution in [2.45, 2.75) is 0 Å². The van der Waals surface area contributed by atoms with E-state index in [0.29, 0.717) is 11.3 Å². The van der Waals surface area contributed by atoms with Gasteiger partial charge in [0.1, 0.15) is 0 Å². The van der Waals surface area contributed by atoms with Gasteiger partial charge in [0, 0.05) is 5.38 Å². The Morgan fingerprint density at radius 1 is 1.35 bits per heavy atom. The van der Waals surface area contributed by atoms with Crippen LogP contribution >= 0.6 is 27.3 Å². The van der Waals surface area contributed by atoms with Gasteiger partial charge in [-0.3, -0.25) is 4.79 Å². The Morgan fingerprint density at radius 3 is 2.90 bits per heavy atom. The van der Waals surface area contributed by atoms with Crippen LogP contribution in [0.1, 0.15) is 10.4 Å². The number of carbonyl (C=O) groups is 1. The van der Waals surface area contributed by atoms with E-state index in [4.69, 9.17) is 0 Å². The second-order valence-electron chi connectivity index (χ2n) is 3.96. The molecule has 1 N–H and O–H groups in total. The summed E-state index contributed by atoms with van der Waals surface area (Å²) in [6.45, 7) is 0. The van der Waals surface area contributed by atoms with Crippen molar-refractivity contribution in [3.8, 4) is 5.69 Å². The lowest BCUT2D eigenvalue weighted by molar-refractivity contribution is 0.102. The average molecular weight is 349 g/mol. The molecule has 0 radical (unpaired) electrons. The van der Waals surface area contributed by atoms with E-state index in [9.17, 15) is 4.79 Å². The Labute approximate surface area is 127 Å². The molecule has 0 saturated carbocycles. The highest BCUT2D eigenvalue weighted by Gasteiger charge is 2.11. The SMILES string of the molecule is O=C(Nc1ccccc1-n1ccnn1)c1csc(Br)c1. The number of nitrogens with one attached hydrogen (secondary N) is 1. The third kappa shape index (κ3) is 2.63. The zero-order valence-corrected chi connectivity index (χ0v) is 12.6. The molecule has 0 fully saturated rings. The van der Waals surface area contributed by atoms with E-state index in [1.54, 1.807) is 28.5 Å². The standard InChI is InChI=1S/C13H9BrN4OS/c14-12-7-9(8-20-12)13(19)16-10-3-1-2-4-11(10)18-6-5-15-17-18/h1-8H,(H,16,19). The van der Waals surface area contributed by atoms with Crippen LogP contribution in [0.15, 0.2) is 51.9 Å². The van der Waals surface area contributed by atoms with E-state index < -0.39 is 0 Å².